The molecular formula is C14H13ClIN3O. The normalized spacial score (nSPS) is 10.7. The van der Waals surface area contributed by atoms with E-state index >= 15 is 0 Å². The molecule has 1 heterocycles. The second-order valence-electron chi connectivity index (χ2n) is 4.54. The molecule has 0 aliphatic rings. The number of hydrogen-bond donors (Lipinski definition) is 1. The molecule has 0 bridgehead atoms. The number of aromatic nitrogens is 2. The smallest absolute Gasteiger partial charge is 0.275 e. The van der Waals surface area contributed by atoms with Gasteiger partial charge < -0.3 is 5.32 Å². The minimum Gasteiger partial charge on any atom is -0.321 e. The number of nitrogens with one attached hydrogen (secondary N) is 1. The van der Waals surface area contributed by atoms with Crippen molar-refractivity contribution in [3.63, 3.8) is 0 Å². The number of amides is 1. The molecule has 6 heteroatoms. The standard InChI is InChI=1S/C14H13ClIN3O/c1-8(2)13-17-7-11(15)12(19-13)14(20)18-10-5-3-9(16)4-6-10/h3-8H,1-2H3,(H,18,20). The van der Waals surface area contributed by atoms with Gasteiger partial charge in [0.2, 0.25) is 0 Å². The summed E-state index contributed by atoms with van der Waals surface area (Å²) < 4.78 is 1.10. The van der Waals surface area contributed by atoms with Crippen molar-refractivity contribution in [2.24, 2.45) is 0 Å². The average Bonchev–Trinajstić information content (AvgIpc) is 2.41. The molecule has 1 amide bonds. The third kappa shape index (κ3) is 3.67. The first-order valence-electron chi connectivity index (χ1n) is 6.06. The van der Waals surface area contributed by atoms with Crippen LogP contribution in [0.25, 0.3) is 0 Å². The fraction of sp³-hybridized carbons (Fsp3) is 0.214. The zero-order valence-corrected chi connectivity index (χ0v) is 13.9. The van der Waals surface area contributed by atoms with E-state index in [0.29, 0.717) is 11.5 Å². The molecule has 0 fully saturated rings. The summed E-state index contributed by atoms with van der Waals surface area (Å²) in [5.74, 6) is 0.403. The van der Waals surface area contributed by atoms with Crippen LogP contribution in [0.1, 0.15) is 36.1 Å². The number of halogens is 2. The molecule has 0 radical (unpaired) electrons. The van der Waals surface area contributed by atoms with E-state index in [4.69, 9.17) is 11.6 Å². The molecule has 4 nitrogen and oxygen atoms in total. The van der Waals surface area contributed by atoms with Gasteiger partial charge in [-0.05, 0) is 46.9 Å². The van der Waals surface area contributed by atoms with E-state index in [0.717, 1.165) is 3.57 Å². The molecule has 0 aliphatic heterocycles. The predicted molar refractivity (Wildman–Crippen MR) is 88.2 cm³/mol. The monoisotopic (exact) mass is 401 g/mol. The van der Waals surface area contributed by atoms with Crippen molar-refractivity contribution in [3.8, 4) is 0 Å². The summed E-state index contributed by atoms with van der Waals surface area (Å²) in [6.07, 6.45) is 1.47. The highest BCUT2D eigenvalue weighted by atomic mass is 127. The maximum Gasteiger partial charge on any atom is 0.275 e. The molecule has 0 aliphatic carbocycles. The summed E-state index contributed by atoms with van der Waals surface area (Å²) in [5, 5.41) is 3.02. The van der Waals surface area contributed by atoms with Gasteiger partial charge >= 0.3 is 0 Å². The Morgan fingerprint density at radius 3 is 2.55 bits per heavy atom. The summed E-state index contributed by atoms with van der Waals surface area (Å²) in [7, 11) is 0. The number of anilines is 1. The van der Waals surface area contributed by atoms with Crippen molar-refractivity contribution >= 4 is 45.8 Å². The zero-order valence-electron chi connectivity index (χ0n) is 11.0. The van der Waals surface area contributed by atoms with Crippen LogP contribution in [0.3, 0.4) is 0 Å². The first kappa shape index (κ1) is 15.2. The lowest BCUT2D eigenvalue weighted by atomic mass is 10.2. The summed E-state index contributed by atoms with van der Waals surface area (Å²) >= 11 is 8.20. The van der Waals surface area contributed by atoms with Gasteiger partial charge in [0, 0.05) is 15.2 Å². The second kappa shape index (κ2) is 6.49. The quantitative estimate of drug-likeness (QED) is 0.788. The molecular weight excluding hydrogens is 389 g/mol. The number of benzene rings is 1. The van der Waals surface area contributed by atoms with E-state index in [1.807, 2.05) is 38.1 Å². The lowest BCUT2D eigenvalue weighted by Gasteiger charge is -2.09. The molecule has 2 rings (SSSR count). The van der Waals surface area contributed by atoms with Gasteiger partial charge in [0.1, 0.15) is 5.82 Å². The highest BCUT2D eigenvalue weighted by Crippen LogP contribution is 2.18. The van der Waals surface area contributed by atoms with Crippen molar-refractivity contribution < 1.29 is 4.79 Å². The minimum atomic E-state index is -0.333. The van der Waals surface area contributed by atoms with Crippen molar-refractivity contribution in [3.05, 3.63) is 50.6 Å². The van der Waals surface area contributed by atoms with Gasteiger partial charge in [0.25, 0.3) is 5.91 Å². The Morgan fingerprint density at radius 2 is 1.95 bits per heavy atom. The van der Waals surface area contributed by atoms with E-state index < -0.39 is 0 Å². The Hall–Kier alpha value is -1.21. The van der Waals surface area contributed by atoms with E-state index in [1.54, 1.807) is 0 Å². The topological polar surface area (TPSA) is 54.9 Å². The van der Waals surface area contributed by atoms with Crippen LogP contribution >= 0.6 is 34.2 Å². The van der Waals surface area contributed by atoms with Crippen molar-refractivity contribution in [1.82, 2.24) is 9.97 Å². The fourth-order valence-electron chi connectivity index (χ4n) is 1.54. The summed E-state index contributed by atoms with van der Waals surface area (Å²) in [5.41, 5.74) is 0.903. The van der Waals surface area contributed by atoms with Gasteiger partial charge in [-0.1, -0.05) is 25.4 Å². The molecule has 20 heavy (non-hydrogen) atoms. The van der Waals surface area contributed by atoms with Crippen molar-refractivity contribution in [2.75, 3.05) is 5.32 Å². The highest BCUT2D eigenvalue weighted by molar-refractivity contribution is 14.1. The van der Waals surface area contributed by atoms with Gasteiger partial charge in [-0.15, -0.1) is 0 Å². The van der Waals surface area contributed by atoms with E-state index in [-0.39, 0.29) is 22.5 Å². The van der Waals surface area contributed by atoms with Crippen LogP contribution < -0.4 is 5.32 Å². The molecule has 2 aromatic rings. The SMILES string of the molecule is CC(C)c1ncc(Cl)c(C(=O)Nc2ccc(I)cc2)n1. The summed E-state index contributed by atoms with van der Waals surface area (Å²) in [4.78, 5) is 20.6. The number of nitrogens with zero attached hydrogens (tertiary/aromatic N) is 2. The molecule has 0 spiro atoms. The van der Waals surface area contributed by atoms with Gasteiger partial charge in [-0.2, -0.15) is 0 Å². The lowest BCUT2D eigenvalue weighted by Crippen LogP contribution is -2.16. The maximum atomic E-state index is 12.2. The molecule has 104 valence electrons. The Morgan fingerprint density at radius 1 is 1.30 bits per heavy atom. The Balaban J connectivity index is 2.24. The van der Waals surface area contributed by atoms with Crippen LogP contribution in [0.5, 0.6) is 0 Å². The van der Waals surface area contributed by atoms with Crippen LogP contribution in [-0.2, 0) is 0 Å². The largest absolute Gasteiger partial charge is 0.321 e. The maximum absolute atomic E-state index is 12.2. The predicted octanol–water partition coefficient (Wildman–Crippen LogP) is 4.11. The van der Waals surface area contributed by atoms with Gasteiger partial charge in [0.05, 0.1) is 11.2 Å². The minimum absolute atomic E-state index is 0.136. The van der Waals surface area contributed by atoms with Gasteiger partial charge in [-0.25, -0.2) is 9.97 Å². The number of rotatable bonds is 3. The molecule has 0 saturated heterocycles. The molecule has 0 atom stereocenters. The van der Waals surface area contributed by atoms with Gasteiger partial charge in [0.15, 0.2) is 5.69 Å². The number of hydrogen-bond acceptors (Lipinski definition) is 3. The Labute approximate surface area is 136 Å². The summed E-state index contributed by atoms with van der Waals surface area (Å²) in [6, 6.07) is 7.49. The molecule has 0 saturated carbocycles. The van der Waals surface area contributed by atoms with Crippen molar-refractivity contribution in [1.29, 1.82) is 0 Å². The molecule has 0 unspecified atom stereocenters. The van der Waals surface area contributed by atoms with E-state index in [2.05, 4.69) is 37.9 Å². The third-order valence-corrected chi connectivity index (χ3v) is 3.59. The summed E-state index contributed by atoms with van der Waals surface area (Å²) in [6.45, 7) is 3.92. The Kier molecular flexibility index (Phi) is 4.93. The first-order chi connectivity index (χ1) is 9.47. The van der Waals surface area contributed by atoms with Gasteiger partial charge in [-0.3, -0.25) is 4.79 Å². The molecule has 1 aromatic carbocycles. The third-order valence-electron chi connectivity index (χ3n) is 2.60. The van der Waals surface area contributed by atoms with Crippen LogP contribution in [0.4, 0.5) is 5.69 Å². The second-order valence-corrected chi connectivity index (χ2v) is 6.19. The van der Waals surface area contributed by atoms with Crippen LogP contribution in [0, 0.1) is 3.57 Å². The van der Waals surface area contributed by atoms with Crippen LogP contribution in [-0.4, -0.2) is 15.9 Å². The highest BCUT2D eigenvalue weighted by Gasteiger charge is 2.15. The Bertz CT molecular complexity index is 629. The van der Waals surface area contributed by atoms with Crippen LogP contribution in [0.15, 0.2) is 30.5 Å². The van der Waals surface area contributed by atoms with Crippen molar-refractivity contribution in [2.45, 2.75) is 19.8 Å². The van der Waals surface area contributed by atoms with E-state index in [9.17, 15) is 4.79 Å². The van der Waals surface area contributed by atoms with E-state index in [1.165, 1.54) is 6.20 Å². The first-order valence-corrected chi connectivity index (χ1v) is 7.52. The fourth-order valence-corrected chi connectivity index (χ4v) is 2.08. The molecule has 1 N–H and O–H groups in total. The average molecular weight is 402 g/mol. The van der Waals surface area contributed by atoms with Crippen LogP contribution in [0.2, 0.25) is 5.02 Å². The molecule has 1 aromatic heterocycles. The lowest BCUT2D eigenvalue weighted by molar-refractivity contribution is 0.102. The number of carbonyl (C=O) groups excluding carboxylic acids is 1. The number of carbonyl (C=O) groups is 1. The zero-order chi connectivity index (χ0) is 14.7.